The average molecular weight is 304 g/mol. The van der Waals surface area contributed by atoms with E-state index in [9.17, 15) is 19.8 Å². The maximum Gasteiger partial charge on any atom is 0.0715 e. The number of carbonyl (C=O) groups excluding carboxylic acids is 2. The molecule has 0 aliphatic carbocycles. The number of carbonyl (C=O) groups is 2. The zero-order valence-electron chi connectivity index (χ0n) is 10.1. The van der Waals surface area contributed by atoms with Crippen molar-refractivity contribution in [2.24, 2.45) is 0 Å². The van der Waals surface area contributed by atoms with Gasteiger partial charge in [-0.05, 0) is 35.4 Å². The minimum atomic E-state index is -1.23. The number of carboxylic acids is 2. The van der Waals surface area contributed by atoms with Crippen LogP contribution in [0.3, 0.4) is 0 Å². The van der Waals surface area contributed by atoms with E-state index in [1.807, 2.05) is 0 Å². The van der Waals surface area contributed by atoms with Gasteiger partial charge in [0.25, 0.3) is 0 Å². The van der Waals surface area contributed by atoms with Crippen LogP contribution in [0.1, 0.15) is 20.7 Å². The fraction of sp³-hybridized carbons (Fsp3) is 0. The highest BCUT2D eigenvalue weighted by molar-refractivity contribution is 8.76. The molecule has 4 nitrogen and oxygen atoms in total. The topological polar surface area (TPSA) is 80.3 Å². The molecule has 0 saturated heterocycles. The molecular weight excluding hydrogens is 296 g/mol. The summed E-state index contributed by atoms with van der Waals surface area (Å²) in [5.41, 5.74) is 0.221. The molecule has 0 amide bonds. The first-order valence-corrected chi connectivity index (χ1v) is 7.68. The highest BCUT2D eigenvalue weighted by Gasteiger charge is 2.01. The van der Waals surface area contributed by atoms with Crippen LogP contribution in [0.2, 0.25) is 0 Å². The molecule has 0 aromatic heterocycles. The van der Waals surface area contributed by atoms with Crippen LogP contribution < -0.4 is 10.2 Å². The van der Waals surface area contributed by atoms with Gasteiger partial charge in [-0.3, -0.25) is 0 Å². The van der Waals surface area contributed by atoms with Crippen molar-refractivity contribution in [3.05, 3.63) is 59.7 Å². The Morgan fingerprint density at radius 2 is 1.15 bits per heavy atom. The van der Waals surface area contributed by atoms with E-state index in [1.54, 1.807) is 24.3 Å². The maximum absolute atomic E-state index is 10.7. The van der Waals surface area contributed by atoms with E-state index in [0.29, 0.717) is 0 Å². The Hall–Kier alpha value is -1.92. The lowest BCUT2D eigenvalue weighted by Gasteiger charge is -2.07. The zero-order chi connectivity index (χ0) is 14.5. The molecule has 0 saturated carbocycles. The lowest BCUT2D eigenvalue weighted by molar-refractivity contribution is -0.256. The molecule has 2 aromatic carbocycles. The zero-order valence-corrected chi connectivity index (χ0v) is 11.7. The first-order valence-electron chi connectivity index (χ1n) is 5.53. The fourth-order valence-electron chi connectivity index (χ4n) is 1.45. The third-order valence-corrected chi connectivity index (χ3v) is 4.75. The van der Waals surface area contributed by atoms with Crippen molar-refractivity contribution in [2.45, 2.75) is 9.79 Å². The Morgan fingerprint density at radius 1 is 0.750 bits per heavy atom. The minimum absolute atomic E-state index is 0.110. The predicted octanol–water partition coefficient (Wildman–Crippen LogP) is 1.21. The van der Waals surface area contributed by atoms with E-state index >= 15 is 0 Å². The highest BCUT2D eigenvalue weighted by atomic mass is 33.1. The van der Waals surface area contributed by atoms with Crippen LogP contribution in [-0.4, -0.2) is 11.9 Å². The molecule has 0 N–H and O–H groups in total. The van der Waals surface area contributed by atoms with Gasteiger partial charge < -0.3 is 19.8 Å². The van der Waals surface area contributed by atoms with Crippen molar-refractivity contribution in [3.63, 3.8) is 0 Å². The molecule has 6 heteroatoms. The van der Waals surface area contributed by atoms with Gasteiger partial charge in [-0.15, -0.1) is 0 Å². The maximum atomic E-state index is 10.7. The van der Waals surface area contributed by atoms with Crippen molar-refractivity contribution < 1.29 is 19.8 Å². The van der Waals surface area contributed by atoms with Crippen LogP contribution in [0, 0.1) is 0 Å². The first kappa shape index (κ1) is 14.5. The van der Waals surface area contributed by atoms with Gasteiger partial charge in [0.15, 0.2) is 0 Å². The molecule has 0 atom stereocenters. The largest absolute Gasteiger partial charge is 0.545 e. The van der Waals surface area contributed by atoms with Gasteiger partial charge >= 0.3 is 0 Å². The Balaban J connectivity index is 2.08. The number of hydrogen-bond donors (Lipinski definition) is 0. The summed E-state index contributed by atoms with van der Waals surface area (Å²) in [5, 5.41) is 21.5. The molecule has 0 aliphatic rings. The van der Waals surface area contributed by atoms with E-state index in [4.69, 9.17) is 0 Å². The molecule has 0 spiro atoms. The summed E-state index contributed by atoms with van der Waals surface area (Å²) in [6, 6.07) is 12.7. The summed E-state index contributed by atoms with van der Waals surface area (Å²) in [7, 11) is 2.68. The smallest absolute Gasteiger partial charge is 0.0715 e. The SMILES string of the molecule is O=C([O-])c1cccc(SSc2cccc(C(=O)[O-])c2)c1. The third-order valence-electron chi connectivity index (χ3n) is 2.37. The van der Waals surface area contributed by atoms with Crippen LogP contribution >= 0.6 is 21.6 Å². The van der Waals surface area contributed by atoms with Crippen molar-refractivity contribution >= 4 is 33.5 Å². The molecule has 0 radical (unpaired) electrons. The van der Waals surface area contributed by atoms with Gasteiger partial charge in [0.2, 0.25) is 0 Å². The Labute approximate surface area is 123 Å². The molecule has 20 heavy (non-hydrogen) atoms. The van der Waals surface area contributed by atoms with E-state index in [2.05, 4.69) is 0 Å². The lowest BCUT2D eigenvalue weighted by Crippen LogP contribution is -2.22. The van der Waals surface area contributed by atoms with Crippen LogP contribution in [0.4, 0.5) is 0 Å². The van der Waals surface area contributed by atoms with E-state index in [1.165, 1.54) is 45.9 Å². The molecular formula is C14H8O4S2-2. The van der Waals surface area contributed by atoms with Crippen molar-refractivity contribution in [1.29, 1.82) is 0 Å². The van der Waals surface area contributed by atoms with Gasteiger partial charge in [0.1, 0.15) is 0 Å². The molecule has 2 rings (SSSR count). The minimum Gasteiger partial charge on any atom is -0.545 e. The summed E-state index contributed by atoms with van der Waals surface area (Å²) in [4.78, 5) is 23.0. The number of aromatic carboxylic acids is 2. The van der Waals surface area contributed by atoms with Gasteiger partial charge in [-0.25, -0.2) is 0 Å². The van der Waals surface area contributed by atoms with Crippen LogP contribution in [0.5, 0.6) is 0 Å². The molecule has 2 aromatic rings. The van der Waals surface area contributed by atoms with Gasteiger partial charge in [-0.1, -0.05) is 45.9 Å². The summed E-state index contributed by atoms with van der Waals surface area (Å²) in [6.45, 7) is 0. The van der Waals surface area contributed by atoms with E-state index in [0.717, 1.165) is 9.79 Å². The standard InChI is InChI=1S/C14H10O4S2/c15-13(16)9-3-1-5-11(7-9)19-20-12-6-2-4-10(8-12)14(17)18/h1-8H,(H,15,16)(H,17,18)/p-2. The summed E-state index contributed by atoms with van der Waals surface area (Å²) < 4.78 is 0. The van der Waals surface area contributed by atoms with Crippen LogP contribution in [-0.2, 0) is 0 Å². The molecule has 0 fully saturated rings. The molecule has 0 heterocycles. The quantitative estimate of drug-likeness (QED) is 0.773. The number of rotatable bonds is 5. The molecule has 102 valence electrons. The van der Waals surface area contributed by atoms with Crippen LogP contribution in [0.25, 0.3) is 0 Å². The highest BCUT2D eigenvalue weighted by Crippen LogP contribution is 2.37. The van der Waals surface area contributed by atoms with Gasteiger partial charge in [0.05, 0.1) is 11.9 Å². The van der Waals surface area contributed by atoms with Gasteiger partial charge in [-0.2, -0.15) is 0 Å². The Kier molecular flexibility index (Phi) is 4.70. The van der Waals surface area contributed by atoms with Gasteiger partial charge in [0, 0.05) is 9.79 Å². The van der Waals surface area contributed by atoms with Crippen molar-refractivity contribution in [1.82, 2.24) is 0 Å². The average Bonchev–Trinajstić information content (AvgIpc) is 2.45. The second-order valence-corrected chi connectivity index (χ2v) is 6.07. The molecule has 0 aliphatic heterocycles. The lowest BCUT2D eigenvalue weighted by atomic mass is 10.2. The number of hydrogen-bond acceptors (Lipinski definition) is 6. The summed E-state index contributed by atoms with van der Waals surface area (Å²) in [5.74, 6) is -2.45. The predicted molar refractivity (Wildman–Crippen MR) is 73.3 cm³/mol. The number of benzene rings is 2. The molecule has 0 bridgehead atoms. The van der Waals surface area contributed by atoms with Crippen molar-refractivity contribution in [3.8, 4) is 0 Å². The second-order valence-electron chi connectivity index (χ2n) is 3.80. The summed E-state index contributed by atoms with van der Waals surface area (Å²) >= 11 is 0. The Bertz CT molecular complexity index is 598. The molecule has 0 unspecified atom stereocenters. The van der Waals surface area contributed by atoms with Crippen LogP contribution in [0.15, 0.2) is 58.3 Å². The Morgan fingerprint density at radius 3 is 1.50 bits per heavy atom. The second kappa shape index (κ2) is 6.49. The first-order chi connectivity index (χ1) is 9.56. The van der Waals surface area contributed by atoms with Crippen molar-refractivity contribution in [2.75, 3.05) is 0 Å². The normalized spacial score (nSPS) is 10.2. The third kappa shape index (κ3) is 3.79. The van der Waals surface area contributed by atoms with E-state index < -0.39 is 11.9 Å². The fourth-order valence-corrected chi connectivity index (χ4v) is 3.46. The summed E-state index contributed by atoms with van der Waals surface area (Å²) in [6.07, 6.45) is 0. The monoisotopic (exact) mass is 304 g/mol. The number of carboxylic acid groups (broad SMARTS) is 2. The van der Waals surface area contributed by atoms with E-state index in [-0.39, 0.29) is 11.1 Å².